The molecule has 0 aromatic heterocycles. The molecule has 1 heterocycles. The number of nitrogens with zero attached hydrogens (tertiary/aromatic N) is 1. The van der Waals surface area contributed by atoms with E-state index in [0.29, 0.717) is 0 Å². The van der Waals surface area contributed by atoms with Gasteiger partial charge in [0.1, 0.15) is 12.8 Å². The van der Waals surface area contributed by atoms with Crippen LogP contribution in [0.25, 0.3) is 0 Å². The lowest BCUT2D eigenvalue weighted by molar-refractivity contribution is -0.886. The highest BCUT2D eigenvalue weighted by Crippen LogP contribution is 2.17. The fourth-order valence-electron chi connectivity index (χ4n) is 1.22. The van der Waals surface area contributed by atoms with E-state index in [1.54, 1.807) is 0 Å². The molecule has 0 aromatic rings. The van der Waals surface area contributed by atoms with Crippen molar-refractivity contribution < 1.29 is 21.6 Å². The minimum absolute atomic E-state index is 0. The minimum atomic E-state index is 0. The van der Waals surface area contributed by atoms with Gasteiger partial charge in [0.15, 0.2) is 5.76 Å². The summed E-state index contributed by atoms with van der Waals surface area (Å²) in [5, 5.41) is 0. The molecule has 0 fully saturated rings. The smallest absolute Gasteiger partial charge is 0.192 e. The van der Waals surface area contributed by atoms with Gasteiger partial charge in [0, 0.05) is 0 Å². The average molecular weight is 178 g/mol. The molecule has 1 aliphatic heterocycles. The first kappa shape index (κ1) is 10.8. The third kappa shape index (κ3) is 4.27. The van der Waals surface area contributed by atoms with Crippen molar-refractivity contribution in [1.82, 2.24) is 0 Å². The summed E-state index contributed by atoms with van der Waals surface area (Å²) in [4.78, 5) is 0. The van der Waals surface area contributed by atoms with Crippen molar-refractivity contribution in [2.45, 2.75) is 13.3 Å². The molecule has 0 radical (unpaired) electrons. The molecule has 0 amide bonds. The van der Waals surface area contributed by atoms with Crippen LogP contribution in [0.1, 0.15) is 13.3 Å². The quantitative estimate of drug-likeness (QED) is 0.469. The van der Waals surface area contributed by atoms with Crippen molar-refractivity contribution in [3.05, 3.63) is 12.0 Å². The van der Waals surface area contributed by atoms with Crippen LogP contribution in [-0.2, 0) is 4.74 Å². The summed E-state index contributed by atoms with van der Waals surface area (Å²) < 4.78 is 6.01. The number of rotatable bonds is 4. The highest BCUT2D eigenvalue weighted by atomic mass is 35.5. The summed E-state index contributed by atoms with van der Waals surface area (Å²) in [6.07, 6.45) is 3.07. The second-order valence-electron chi connectivity index (χ2n) is 3.52. The maximum Gasteiger partial charge on any atom is 0.192 e. The molecule has 0 saturated carbocycles. The molecule has 0 atom stereocenters. The summed E-state index contributed by atoms with van der Waals surface area (Å²) in [5.74, 6) is 1.15. The van der Waals surface area contributed by atoms with Crippen LogP contribution in [0.15, 0.2) is 12.0 Å². The van der Waals surface area contributed by atoms with Crippen LogP contribution in [0.3, 0.4) is 0 Å². The first-order valence-electron chi connectivity index (χ1n) is 3.82. The maximum atomic E-state index is 4.97. The molecule has 66 valence electrons. The van der Waals surface area contributed by atoms with E-state index in [1.807, 2.05) is 6.26 Å². The van der Waals surface area contributed by atoms with Crippen molar-refractivity contribution in [3.63, 3.8) is 0 Å². The Morgan fingerprint density at radius 2 is 2.00 bits per heavy atom. The van der Waals surface area contributed by atoms with Crippen LogP contribution in [0.5, 0.6) is 0 Å². The molecule has 0 bridgehead atoms. The first-order valence-corrected chi connectivity index (χ1v) is 3.82. The summed E-state index contributed by atoms with van der Waals surface area (Å²) in [6.45, 7) is 4.48. The summed E-state index contributed by atoms with van der Waals surface area (Å²) in [5.41, 5.74) is 0. The highest BCUT2D eigenvalue weighted by Gasteiger charge is 2.22. The van der Waals surface area contributed by atoms with E-state index in [9.17, 15) is 0 Å². The van der Waals surface area contributed by atoms with Crippen molar-refractivity contribution in [3.8, 4) is 0 Å². The van der Waals surface area contributed by atoms with Gasteiger partial charge in [0.2, 0.25) is 0 Å². The van der Waals surface area contributed by atoms with Gasteiger partial charge in [0.05, 0.1) is 20.6 Å². The van der Waals surface area contributed by atoms with E-state index < -0.39 is 0 Å². The second-order valence-corrected chi connectivity index (χ2v) is 3.52. The Labute approximate surface area is 74.8 Å². The SMILES string of the molecule is CCC[N+](C)(C)CC1=CO1.[Cl-]. The lowest BCUT2D eigenvalue weighted by Gasteiger charge is -2.27. The van der Waals surface area contributed by atoms with E-state index >= 15 is 0 Å². The number of hydrogen-bond donors (Lipinski definition) is 0. The molecule has 0 spiro atoms. The zero-order chi connectivity index (χ0) is 7.61. The molecule has 11 heavy (non-hydrogen) atoms. The van der Waals surface area contributed by atoms with Gasteiger partial charge >= 0.3 is 0 Å². The Morgan fingerprint density at radius 1 is 1.45 bits per heavy atom. The standard InChI is InChI=1S/C8H16NO.ClH/c1-4-5-9(2,3)6-8-7-10-8;/h7H,4-6H2,1-3H3;1H/q+1;/p-1. The number of likely N-dealkylation sites (N-methyl/N-ethyl adjacent to an activating group) is 1. The highest BCUT2D eigenvalue weighted by molar-refractivity contribution is 5.02. The second kappa shape index (κ2) is 3.98. The zero-order valence-electron chi connectivity index (χ0n) is 7.43. The van der Waals surface area contributed by atoms with Gasteiger partial charge in [-0.25, -0.2) is 0 Å². The van der Waals surface area contributed by atoms with Crippen molar-refractivity contribution in [2.75, 3.05) is 27.2 Å². The Kier molecular flexibility index (Phi) is 3.90. The third-order valence-electron chi connectivity index (χ3n) is 1.70. The number of halogens is 1. The fraction of sp³-hybridized carbons (Fsp3) is 0.750. The van der Waals surface area contributed by atoms with Crippen LogP contribution in [0, 0.1) is 0 Å². The Hall–Kier alpha value is -0.210. The molecular weight excluding hydrogens is 162 g/mol. The average Bonchev–Trinajstić information content (AvgIpc) is 2.48. The van der Waals surface area contributed by atoms with Gasteiger partial charge in [-0.05, 0) is 6.42 Å². The van der Waals surface area contributed by atoms with Crippen molar-refractivity contribution in [1.29, 1.82) is 0 Å². The van der Waals surface area contributed by atoms with E-state index in [4.69, 9.17) is 4.74 Å². The molecular formula is C8H16ClNO. The molecule has 0 aliphatic carbocycles. The summed E-state index contributed by atoms with van der Waals surface area (Å²) in [6, 6.07) is 0. The van der Waals surface area contributed by atoms with Crippen LogP contribution in [-0.4, -0.2) is 31.7 Å². The molecule has 0 N–H and O–H groups in total. The van der Waals surface area contributed by atoms with Gasteiger partial charge in [-0.15, -0.1) is 0 Å². The molecule has 1 rings (SSSR count). The van der Waals surface area contributed by atoms with E-state index in [1.165, 1.54) is 13.0 Å². The molecule has 3 heteroatoms. The van der Waals surface area contributed by atoms with Gasteiger partial charge < -0.3 is 21.6 Å². The normalized spacial score (nSPS) is 14.6. The number of quaternary nitrogens is 1. The lowest BCUT2D eigenvalue weighted by atomic mass is 10.3. The van der Waals surface area contributed by atoms with Crippen LogP contribution in [0.4, 0.5) is 0 Å². The largest absolute Gasteiger partial charge is 1.00 e. The Morgan fingerprint density at radius 3 is 2.36 bits per heavy atom. The Bertz CT molecular complexity index is 154. The third-order valence-corrected chi connectivity index (χ3v) is 1.70. The molecule has 1 aliphatic rings. The predicted octanol–water partition coefficient (Wildman–Crippen LogP) is -1.65. The first-order chi connectivity index (χ1) is 4.64. The van der Waals surface area contributed by atoms with Crippen LogP contribution >= 0.6 is 0 Å². The molecule has 0 unspecified atom stereocenters. The number of ether oxygens (including phenoxy) is 1. The predicted molar refractivity (Wildman–Crippen MR) is 41.3 cm³/mol. The van der Waals surface area contributed by atoms with E-state index in [-0.39, 0.29) is 12.4 Å². The molecule has 0 aromatic carbocycles. The van der Waals surface area contributed by atoms with E-state index in [2.05, 4.69) is 21.0 Å². The lowest BCUT2D eigenvalue weighted by Crippen LogP contribution is -3.00. The van der Waals surface area contributed by atoms with Gasteiger partial charge in [-0.2, -0.15) is 0 Å². The summed E-state index contributed by atoms with van der Waals surface area (Å²) in [7, 11) is 4.46. The maximum absolute atomic E-state index is 4.97. The monoisotopic (exact) mass is 177 g/mol. The molecule has 2 nitrogen and oxygen atoms in total. The van der Waals surface area contributed by atoms with Gasteiger partial charge in [0.25, 0.3) is 0 Å². The van der Waals surface area contributed by atoms with Gasteiger partial charge in [-0.3, -0.25) is 0 Å². The Balaban J connectivity index is 0.000001000. The van der Waals surface area contributed by atoms with Gasteiger partial charge in [-0.1, -0.05) is 6.92 Å². The fourth-order valence-corrected chi connectivity index (χ4v) is 1.22. The van der Waals surface area contributed by atoms with Crippen molar-refractivity contribution >= 4 is 0 Å². The van der Waals surface area contributed by atoms with Crippen molar-refractivity contribution in [2.24, 2.45) is 0 Å². The molecule has 0 saturated heterocycles. The topological polar surface area (TPSA) is 12.5 Å². The van der Waals surface area contributed by atoms with Crippen LogP contribution < -0.4 is 12.4 Å². The zero-order valence-corrected chi connectivity index (χ0v) is 8.19. The summed E-state index contributed by atoms with van der Waals surface area (Å²) >= 11 is 0. The minimum Gasteiger partial charge on any atom is -1.00 e. The number of hydrogen-bond acceptors (Lipinski definition) is 1. The van der Waals surface area contributed by atoms with E-state index in [0.717, 1.165) is 16.8 Å². The van der Waals surface area contributed by atoms with Crippen LogP contribution in [0.2, 0.25) is 0 Å².